The molecule has 0 aromatic heterocycles. The molecule has 2 rings (SSSR count). The van der Waals surface area contributed by atoms with Crippen LogP contribution < -0.4 is 14.8 Å². The monoisotopic (exact) mass is 388 g/mol. The normalized spacial score (nSPS) is 10.9. The lowest BCUT2D eigenvalue weighted by Crippen LogP contribution is -2.32. The van der Waals surface area contributed by atoms with E-state index in [1.165, 1.54) is 12.1 Å². The van der Waals surface area contributed by atoms with Gasteiger partial charge in [0, 0.05) is 12.1 Å². The first kappa shape index (κ1) is 20.9. The van der Waals surface area contributed by atoms with Crippen molar-refractivity contribution in [2.24, 2.45) is 0 Å². The molecule has 0 saturated carbocycles. The van der Waals surface area contributed by atoms with Gasteiger partial charge in [-0.05, 0) is 49.2 Å². The molecule has 0 aliphatic heterocycles. The molecule has 0 aliphatic carbocycles. The molecular weight excluding hydrogens is 367 g/mol. The van der Waals surface area contributed by atoms with Crippen LogP contribution in [0.2, 0.25) is 0 Å². The minimum Gasteiger partial charge on any atom is -0.484 e. The third-order valence-corrected chi connectivity index (χ3v) is 3.48. The maximum atomic E-state index is 12.3. The van der Waals surface area contributed by atoms with Crippen molar-refractivity contribution in [1.29, 1.82) is 0 Å². The Morgan fingerprint density at radius 3 is 2.43 bits per heavy atom. The van der Waals surface area contributed by atoms with Gasteiger partial charge in [0.1, 0.15) is 19.0 Å². The summed E-state index contributed by atoms with van der Waals surface area (Å²) in [5.41, 5.74) is 1.28. The van der Waals surface area contributed by atoms with Gasteiger partial charge in [0.05, 0.1) is 4.92 Å². The summed E-state index contributed by atoms with van der Waals surface area (Å²) >= 11 is 0. The van der Waals surface area contributed by atoms with Crippen molar-refractivity contribution in [1.82, 2.24) is 5.32 Å². The molecule has 0 fully saturated rings. The molecule has 0 unspecified atom stereocenters. The molecule has 0 atom stereocenters. The SMILES string of the molecule is CC(C)NC(=O)Oc1ccc(/C=C/c2ccc([N+](=O)[O-])c(OCCF)c2)cc1. The molecule has 0 heterocycles. The number of nitro benzene ring substituents is 1. The van der Waals surface area contributed by atoms with Crippen molar-refractivity contribution >= 4 is 23.9 Å². The molecule has 0 aliphatic rings. The molecule has 2 aromatic rings. The van der Waals surface area contributed by atoms with Crippen LogP contribution in [0.3, 0.4) is 0 Å². The van der Waals surface area contributed by atoms with E-state index in [-0.39, 0.29) is 24.1 Å². The smallest absolute Gasteiger partial charge is 0.412 e. The van der Waals surface area contributed by atoms with Gasteiger partial charge in [-0.1, -0.05) is 24.3 Å². The molecular formula is C20H21FN2O5. The zero-order valence-electron chi connectivity index (χ0n) is 15.6. The lowest BCUT2D eigenvalue weighted by molar-refractivity contribution is -0.385. The number of amides is 1. The number of hydrogen-bond acceptors (Lipinski definition) is 5. The summed E-state index contributed by atoms with van der Waals surface area (Å²) in [6.07, 6.45) is 3.01. The molecule has 0 spiro atoms. The van der Waals surface area contributed by atoms with Crippen LogP contribution in [0.1, 0.15) is 25.0 Å². The van der Waals surface area contributed by atoms with E-state index in [9.17, 15) is 19.3 Å². The van der Waals surface area contributed by atoms with E-state index in [4.69, 9.17) is 9.47 Å². The summed E-state index contributed by atoms with van der Waals surface area (Å²) in [4.78, 5) is 22.0. The average molecular weight is 388 g/mol. The fourth-order valence-corrected chi connectivity index (χ4v) is 2.26. The van der Waals surface area contributed by atoms with Crippen LogP contribution >= 0.6 is 0 Å². The quantitative estimate of drug-likeness (QED) is 0.405. The number of ether oxygens (including phenoxy) is 2. The van der Waals surface area contributed by atoms with E-state index in [2.05, 4.69) is 5.32 Å². The van der Waals surface area contributed by atoms with Crippen LogP contribution in [0.25, 0.3) is 12.2 Å². The Morgan fingerprint density at radius 2 is 1.82 bits per heavy atom. The van der Waals surface area contributed by atoms with Gasteiger partial charge in [-0.25, -0.2) is 9.18 Å². The number of halogens is 1. The summed E-state index contributed by atoms with van der Waals surface area (Å²) in [5, 5.41) is 13.6. The van der Waals surface area contributed by atoms with Crippen molar-refractivity contribution in [2.75, 3.05) is 13.3 Å². The Bertz CT molecular complexity index is 850. The Kier molecular flexibility index (Phi) is 7.50. The molecule has 1 N–H and O–H groups in total. The highest BCUT2D eigenvalue weighted by molar-refractivity contribution is 5.73. The predicted molar refractivity (Wildman–Crippen MR) is 104 cm³/mol. The van der Waals surface area contributed by atoms with Crippen LogP contribution in [0, 0.1) is 10.1 Å². The number of nitro groups is 1. The number of alkyl halides is 1. The number of nitrogens with one attached hydrogen (secondary N) is 1. The van der Waals surface area contributed by atoms with Gasteiger partial charge >= 0.3 is 11.8 Å². The molecule has 0 radical (unpaired) electrons. The largest absolute Gasteiger partial charge is 0.484 e. The zero-order chi connectivity index (χ0) is 20.5. The number of carbonyl (C=O) groups is 1. The molecule has 2 aromatic carbocycles. The van der Waals surface area contributed by atoms with Crippen molar-refractivity contribution < 1.29 is 23.6 Å². The highest BCUT2D eigenvalue weighted by Crippen LogP contribution is 2.28. The Morgan fingerprint density at radius 1 is 1.18 bits per heavy atom. The lowest BCUT2D eigenvalue weighted by Gasteiger charge is -2.09. The van der Waals surface area contributed by atoms with Gasteiger partial charge in [-0.3, -0.25) is 10.1 Å². The number of rotatable bonds is 8. The van der Waals surface area contributed by atoms with Gasteiger partial charge in [-0.15, -0.1) is 0 Å². The van der Waals surface area contributed by atoms with Gasteiger partial charge in [-0.2, -0.15) is 0 Å². The third kappa shape index (κ3) is 6.39. The molecule has 8 heteroatoms. The fraction of sp³-hybridized carbons (Fsp3) is 0.250. The maximum Gasteiger partial charge on any atom is 0.412 e. The Labute approximate surface area is 161 Å². The Balaban J connectivity index is 2.08. The topological polar surface area (TPSA) is 90.7 Å². The molecule has 0 saturated heterocycles. The third-order valence-electron chi connectivity index (χ3n) is 3.48. The van der Waals surface area contributed by atoms with Gasteiger partial charge < -0.3 is 14.8 Å². The minimum absolute atomic E-state index is 0.0183. The van der Waals surface area contributed by atoms with Crippen molar-refractivity contribution in [3.05, 3.63) is 63.7 Å². The van der Waals surface area contributed by atoms with Crippen molar-refractivity contribution in [3.63, 3.8) is 0 Å². The highest BCUT2D eigenvalue weighted by Gasteiger charge is 2.15. The first-order valence-electron chi connectivity index (χ1n) is 8.62. The standard InChI is InChI=1S/C20H21FN2O5/c1-14(2)22-20(24)28-17-8-5-15(6-9-17)3-4-16-7-10-18(23(25)26)19(13-16)27-12-11-21/h3-10,13-14H,11-12H2,1-2H3,(H,22,24)/b4-3+. The van der Waals surface area contributed by atoms with E-state index in [1.807, 2.05) is 13.8 Å². The highest BCUT2D eigenvalue weighted by atomic mass is 19.1. The summed E-state index contributed by atoms with van der Waals surface area (Å²) in [6, 6.07) is 11.2. The number of carbonyl (C=O) groups excluding carboxylic acids is 1. The number of nitrogens with zero attached hydrogens (tertiary/aromatic N) is 1. The zero-order valence-corrected chi connectivity index (χ0v) is 15.6. The molecule has 1 amide bonds. The van der Waals surface area contributed by atoms with Crippen LogP contribution in [-0.4, -0.2) is 30.3 Å². The first-order valence-corrected chi connectivity index (χ1v) is 8.62. The van der Waals surface area contributed by atoms with Crippen LogP contribution in [-0.2, 0) is 0 Å². The van der Waals surface area contributed by atoms with Crippen LogP contribution in [0.15, 0.2) is 42.5 Å². The summed E-state index contributed by atoms with van der Waals surface area (Å²) in [5.74, 6) is 0.428. The minimum atomic E-state index is -0.735. The first-order chi connectivity index (χ1) is 13.4. The van der Waals surface area contributed by atoms with Gasteiger partial charge in [0.25, 0.3) is 0 Å². The van der Waals surface area contributed by atoms with Gasteiger partial charge in [0.2, 0.25) is 0 Å². The summed E-state index contributed by atoms with van der Waals surface area (Å²) in [6.45, 7) is 2.68. The van der Waals surface area contributed by atoms with E-state index in [1.54, 1.807) is 42.5 Å². The Hall–Kier alpha value is -3.42. The second-order valence-corrected chi connectivity index (χ2v) is 6.11. The fourth-order valence-electron chi connectivity index (χ4n) is 2.26. The second-order valence-electron chi connectivity index (χ2n) is 6.11. The van der Waals surface area contributed by atoms with Crippen LogP contribution in [0.5, 0.6) is 11.5 Å². The van der Waals surface area contributed by atoms with Gasteiger partial charge in [0.15, 0.2) is 5.75 Å². The second kappa shape index (κ2) is 10.1. The average Bonchev–Trinajstić information content (AvgIpc) is 2.65. The maximum absolute atomic E-state index is 12.3. The van der Waals surface area contributed by atoms with E-state index < -0.39 is 17.7 Å². The lowest BCUT2D eigenvalue weighted by atomic mass is 10.1. The predicted octanol–water partition coefficient (Wildman–Crippen LogP) is 4.61. The molecule has 0 bridgehead atoms. The molecule has 148 valence electrons. The molecule has 7 nitrogen and oxygen atoms in total. The summed E-state index contributed by atoms with van der Waals surface area (Å²) in [7, 11) is 0. The van der Waals surface area contributed by atoms with E-state index in [0.717, 1.165) is 5.56 Å². The van der Waals surface area contributed by atoms with Crippen LogP contribution in [0.4, 0.5) is 14.9 Å². The summed E-state index contributed by atoms with van der Waals surface area (Å²) < 4.78 is 22.6. The van der Waals surface area contributed by atoms with Crippen molar-refractivity contribution in [2.45, 2.75) is 19.9 Å². The van der Waals surface area contributed by atoms with E-state index in [0.29, 0.717) is 11.3 Å². The number of hydrogen-bond donors (Lipinski definition) is 1. The number of benzene rings is 2. The van der Waals surface area contributed by atoms with E-state index >= 15 is 0 Å². The van der Waals surface area contributed by atoms with Crippen molar-refractivity contribution in [3.8, 4) is 11.5 Å². The molecule has 28 heavy (non-hydrogen) atoms.